The molecule has 182 valence electrons. The summed E-state index contributed by atoms with van der Waals surface area (Å²) in [6.07, 6.45) is 1.93. The molecule has 0 aliphatic heterocycles. The zero-order valence-electron chi connectivity index (χ0n) is 19.0. The number of carbonyl (C=O) groups excluding carboxylic acids is 2. The van der Waals surface area contributed by atoms with E-state index in [1.54, 1.807) is 42.5 Å². The monoisotopic (exact) mass is 520 g/mol. The van der Waals surface area contributed by atoms with Gasteiger partial charge < -0.3 is 15.7 Å². The summed E-state index contributed by atoms with van der Waals surface area (Å²) in [6, 6.07) is 20.0. The molecule has 0 radical (unpaired) electrons. The van der Waals surface area contributed by atoms with E-state index in [2.05, 4.69) is 15.7 Å². The number of hydrogen-bond donors (Lipinski definition) is 3. The van der Waals surface area contributed by atoms with E-state index in [9.17, 15) is 14.7 Å². The lowest BCUT2D eigenvalue weighted by molar-refractivity contribution is 0.102. The second-order valence-corrected chi connectivity index (χ2v) is 9.43. The zero-order chi connectivity index (χ0) is 25.2. The van der Waals surface area contributed by atoms with Crippen molar-refractivity contribution < 1.29 is 14.7 Å². The van der Waals surface area contributed by atoms with Gasteiger partial charge in [0, 0.05) is 39.3 Å². The van der Waals surface area contributed by atoms with E-state index in [1.807, 2.05) is 24.3 Å². The Bertz CT molecular complexity index is 1450. The summed E-state index contributed by atoms with van der Waals surface area (Å²) in [4.78, 5) is 25.6. The lowest BCUT2D eigenvalue weighted by atomic mass is 10.1. The largest absolute Gasteiger partial charge is 0.507 e. The number of rotatable bonds is 6. The first-order valence-corrected chi connectivity index (χ1v) is 12.2. The van der Waals surface area contributed by atoms with Crippen molar-refractivity contribution in [3.63, 3.8) is 0 Å². The number of nitrogens with zero attached hydrogens (tertiary/aromatic N) is 2. The van der Waals surface area contributed by atoms with E-state index in [-0.39, 0.29) is 30.2 Å². The van der Waals surface area contributed by atoms with Crippen LogP contribution in [-0.4, -0.2) is 26.8 Å². The van der Waals surface area contributed by atoms with Crippen molar-refractivity contribution >= 4 is 40.8 Å². The average Bonchev–Trinajstić information content (AvgIpc) is 3.63. The van der Waals surface area contributed by atoms with E-state index >= 15 is 0 Å². The van der Waals surface area contributed by atoms with E-state index in [0.29, 0.717) is 32.6 Å². The molecule has 3 N–H and O–H groups in total. The topological polar surface area (TPSA) is 96.2 Å². The smallest absolute Gasteiger partial charge is 0.342 e. The predicted octanol–water partition coefficient (Wildman–Crippen LogP) is 6.45. The highest BCUT2D eigenvalue weighted by Crippen LogP contribution is 2.42. The normalized spacial score (nSPS) is 12.8. The maximum atomic E-state index is 13.0. The number of halogens is 2. The molecular weight excluding hydrogens is 499 g/mol. The van der Waals surface area contributed by atoms with Gasteiger partial charge in [0.05, 0.1) is 11.4 Å². The third-order valence-corrected chi connectivity index (χ3v) is 6.57. The molecule has 1 heterocycles. The number of phenols is 1. The molecule has 5 rings (SSSR count). The minimum Gasteiger partial charge on any atom is -0.507 e. The molecule has 2 amide bonds. The number of nitrogens with one attached hydrogen (secondary N) is 2. The van der Waals surface area contributed by atoms with Gasteiger partial charge in [0.15, 0.2) is 0 Å². The Labute approximate surface area is 217 Å². The van der Waals surface area contributed by atoms with Gasteiger partial charge in [-0.2, -0.15) is 9.78 Å². The van der Waals surface area contributed by atoms with Gasteiger partial charge in [-0.25, -0.2) is 4.79 Å². The Morgan fingerprint density at radius 2 is 1.75 bits per heavy atom. The molecule has 0 atom stereocenters. The van der Waals surface area contributed by atoms with Crippen LogP contribution in [-0.2, 0) is 6.54 Å². The molecule has 1 aliphatic rings. The second kappa shape index (κ2) is 10.0. The Balaban J connectivity index is 1.39. The van der Waals surface area contributed by atoms with Crippen LogP contribution in [0.1, 0.15) is 40.4 Å². The number of anilines is 1. The molecule has 3 aromatic carbocycles. The fourth-order valence-electron chi connectivity index (χ4n) is 3.87. The van der Waals surface area contributed by atoms with Crippen LogP contribution < -0.4 is 10.6 Å². The lowest BCUT2D eigenvalue weighted by Crippen LogP contribution is -2.30. The fourth-order valence-corrected chi connectivity index (χ4v) is 4.20. The molecule has 36 heavy (non-hydrogen) atoms. The third-order valence-electron chi connectivity index (χ3n) is 5.95. The highest BCUT2D eigenvalue weighted by atomic mass is 35.5. The van der Waals surface area contributed by atoms with E-state index < -0.39 is 0 Å². The van der Waals surface area contributed by atoms with Gasteiger partial charge in [-0.15, -0.1) is 0 Å². The fraction of sp³-hybridized carbons (Fsp3) is 0.148. The maximum absolute atomic E-state index is 13.0. The number of carbonyl (C=O) groups is 2. The molecule has 0 spiro atoms. The molecule has 0 saturated heterocycles. The molecule has 7 nitrogen and oxygen atoms in total. The van der Waals surface area contributed by atoms with Crippen LogP contribution in [0.25, 0.3) is 11.3 Å². The van der Waals surface area contributed by atoms with E-state index in [4.69, 9.17) is 23.2 Å². The van der Waals surface area contributed by atoms with E-state index in [0.717, 1.165) is 24.1 Å². The Morgan fingerprint density at radius 1 is 1.00 bits per heavy atom. The first-order chi connectivity index (χ1) is 17.4. The molecule has 1 fully saturated rings. The third kappa shape index (κ3) is 5.22. The number of phenolic OH excluding ortho intramolecular Hbond substituents is 1. The molecule has 1 saturated carbocycles. The summed E-state index contributed by atoms with van der Waals surface area (Å²) >= 11 is 12.1. The van der Waals surface area contributed by atoms with Crippen LogP contribution in [0.15, 0.2) is 72.8 Å². The highest BCUT2D eigenvalue weighted by molar-refractivity contribution is 6.31. The number of amides is 2. The zero-order valence-corrected chi connectivity index (χ0v) is 20.6. The van der Waals surface area contributed by atoms with Gasteiger partial charge in [0.1, 0.15) is 5.75 Å². The average molecular weight is 521 g/mol. The predicted molar refractivity (Wildman–Crippen MR) is 140 cm³/mol. The molecule has 0 bridgehead atoms. The Morgan fingerprint density at radius 3 is 2.47 bits per heavy atom. The minimum absolute atomic E-state index is 0.0111. The van der Waals surface area contributed by atoms with Gasteiger partial charge in [0.2, 0.25) is 0 Å². The van der Waals surface area contributed by atoms with Crippen molar-refractivity contribution in [1.82, 2.24) is 15.1 Å². The summed E-state index contributed by atoms with van der Waals surface area (Å²) in [7, 11) is 0. The maximum Gasteiger partial charge on any atom is 0.342 e. The lowest BCUT2D eigenvalue weighted by Gasteiger charge is -2.09. The number of hydrogen-bond acceptors (Lipinski definition) is 4. The van der Waals surface area contributed by atoms with Gasteiger partial charge >= 0.3 is 6.03 Å². The number of aromatic nitrogens is 2. The van der Waals surface area contributed by atoms with Crippen molar-refractivity contribution in [2.45, 2.75) is 25.3 Å². The first-order valence-electron chi connectivity index (χ1n) is 11.4. The van der Waals surface area contributed by atoms with Crippen LogP contribution in [0.5, 0.6) is 5.75 Å². The highest BCUT2D eigenvalue weighted by Gasteiger charge is 2.31. The Hall–Kier alpha value is -3.81. The van der Waals surface area contributed by atoms with Crippen molar-refractivity contribution in [2.24, 2.45) is 0 Å². The summed E-state index contributed by atoms with van der Waals surface area (Å²) in [5.74, 6) is -0.0957. The SMILES string of the molecule is O=C(Nc1ccc(O)c(-c2cc(C3CC3)n(C(=O)NCc3ccccc3Cl)n2)c1)c1ccc(Cl)cc1. The molecule has 9 heteroatoms. The quantitative estimate of drug-likeness (QED) is 0.254. The summed E-state index contributed by atoms with van der Waals surface area (Å²) in [5, 5.41) is 21.9. The summed E-state index contributed by atoms with van der Waals surface area (Å²) in [6.45, 7) is 0.259. The summed E-state index contributed by atoms with van der Waals surface area (Å²) in [5.41, 5.74) is 3.35. The van der Waals surface area contributed by atoms with Gasteiger partial charge in [-0.1, -0.05) is 41.4 Å². The minimum atomic E-state index is -0.380. The molecule has 1 aromatic heterocycles. The van der Waals surface area contributed by atoms with Gasteiger partial charge in [-0.05, 0) is 73.0 Å². The second-order valence-electron chi connectivity index (χ2n) is 8.58. The van der Waals surface area contributed by atoms with Crippen molar-refractivity contribution in [1.29, 1.82) is 0 Å². The van der Waals surface area contributed by atoms with Crippen LogP contribution in [0.2, 0.25) is 10.0 Å². The van der Waals surface area contributed by atoms with Crippen LogP contribution in [0, 0.1) is 0 Å². The molecule has 4 aromatic rings. The van der Waals surface area contributed by atoms with Crippen molar-refractivity contribution in [3.8, 4) is 17.0 Å². The molecule has 0 unspecified atom stereocenters. The molecule has 1 aliphatic carbocycles. The van der Waals surface area contributed by atoms with Crippen molar-refractivity contribution in [2.75, 3.05) is 5.32 Å². The first kappa shape index (κ1) is 23.9. The van der Waals surface area contributed by atoms with Crippen LogP contribution in [0.3, 0.4) is 0 Å². The number of benzene rings is 3. The van der Waals surface area contributed by atoms with Gasteiger partial charge in [-0.3, -0.25) is 4.79 Å². The van der Waals surface area contributed by atoms with Crippen molar-refractivity contribution in [3.05, 3.63) is 99.7 Å². The van der Waals surface area contributed by atoms with Gasteiger partial charge in [0.25, 0.3) is 5.91 Å². The molecular formula is C27H22Cl2N4O3. The van der Waals surface area contributed by atoms with Crippen LogP contribution >= 0.6 is 23.2 Å². The standard InChI is InChI=1S/C27H22Cl2N4O3/c28-19-9-7-17(8-10-19)26(35)31-20-11-12-25(34)21(13-20)23-14-24(16-5-6-16)33(32-23)27(36)30-15-18-3-1-2-4-22(18)29/h1-4,7-14,16,34H,5-6,15H2,(H,30,36)(H,31,35). The summed E-state index contributed by atoms with van der Waals surface area (Å²) < 4.78 is 1.35. The number of aromatic hydroxyl groups is 1. The Kier molecular flexibility index (Phi) is 6.67. The van der Waals surface area contributed by atoms with Crippen LogP contribution in [0.4, 0.5) is 10.5 Å². The van der Waals surface area contributed by atoms with E-state index in [1.165, 1.54) is 10.7 Å².